The molecular weight excluding hydrogens is 250 g/mol. The van der Waals surface area contributed by atoms with Crippen LogP contribution in [0.3, 0.4) is 0 Å². The topological polar surface area (TPSA) is 67.6 Å². The Bertz CT molecular complexity index is 451. The largest absolute Gasteiger partial charge is 0.495 e. The number of likely N-dealkylation sites (N-methyl/N-ethyl adjacent to an activating group) is 1. The number of thiocarbonyl (C=S) groups is 1. The highest BCUT2D eigenvalue weighted by Gasteiger charge is 2.18. The Balaban J connectivity index is 2.78. The Labute approximate surface area is 112 Å². The van der Waals surface area contributed by atoms with Crippen LogP contribution in [0.1, 0.15) is 6.92 Å². The van der Waals surface area contributed by atoms with Crippen molar-refractivity contribution in [1.82, 2.24) is 4.90 Å². The molecule has 6 heteroatoms. The molecule has 0 saturated carbocycles. The molecule has 1 unspecified atom stereocenters. The number of amides is 2. The first kappa shape index (κ1) is 14.2. The minimum atomic E-state index is -0.310. The van der Waals surface area contributed by atoms with Crippen LogP contribution in [0.4, 0.5) is 10.5 Å². The summed E-state index contributed by atoms with van der Waals surface area (Å²) in [6.07, 6.45) is 0. The maximum Gasteiger partial charge on any atom is 0.322 e. The lowest BCUT2D eigenvalue weighted by molar-refractivity contribution is 0.218. The van der Waals surface area contributed by atoms with Crippen molar-refractivity contribution in [2.45, 2.75) is 13.0 Å². The molecule has 98 valence electrons. The molecule has 0 aromatic heterocycles. The summed E-state index contributed by atoms with van der Waals surface area (Å²) in [5.41, 5.74) is 6.11. The van der Waals surface area contributed by atoms with E-state index >= 15 is 0 Å². The summed E-state index contributed by atoms with van der Waals surface area (Å²) in [5, 5.41) is 2.74. The number of nitrogens with two attached hydrogens (primary N) is 1. The van der Waals surface area contributed by atoms with Crippen LogP contribution in [0.15, 0.2) is 24.3 Å². The molecule has 0 radical (unpaired) electrons. The molecule has 0 bridgehead atoms. The van der Waals surface area contributed by atoms with Gasteiger partial charge < -0.3 is 20.7 Å². The SMILES string of the molecule is COc1ccccc1NC(=O)N(C)C(C)C(N)=S. The second-order valence-electron chi connectivity index (χ2n) is 3.82. The molecule has 2 amide bonds. The number of urea groups is 1. The second kappa shape index (κ2) is 6.20. The van der Waals surface area contributed by atoms with Gasteiger partial charge in [0.2, 0.25) is 0 Å². The van der Waals surface area contributed by atoms with Crippen molar-refractivity contribution in [2.75, 3.05) is 19.5 Å². The van der Waals surface area contributed by atoms with Gasteiger partial charge in [-0.2, -0.15) is 0 Å². The first-order chi connectivity index (χ1) is 8.47. The normalized spacial score (nSPS) is 11.5. The van der Waals surface area contributed by atoms with Gasteiger partial charge in [-0.1, -0.05) is 24.4 Å². The van der Waals surface area contributed by atoms with E-state index in [1.165, 1.54) is 4.90 Å². The van der Waals surface area contributed by atoms with E-state index in [0.29, 0.717) is 11.4 Å². The van der Waals surface area contributed by atoms with Gasteiger partial charge in [0.15, 0.2) is 0 Å². The van der Waals surface area contributed by atoms with E-state index in [1.807, 2.05) is 12.1 Å². The lowest BCUT2D eigenvalue weighted by Gasteiger charge is -2.24. The van der Waals surface area contributed by atoms with Gasteiger partial charge in [-0.3, -0.25) is 0 Å². The summed E-state index contributed by atoms with van der Waals surface area (Å²) in [6.45, 7) is 1.77. The second-order valence-corrected chi connectivity index (χ2v) is 4.29. The predicted molar refractivity (Wildman–Crippen MR) is 76.0 cm³/mol. The van der Waals surface area contributed by atoms with Crippen LogP contribution in [-0.4, -0.2) is 36.1 Å². The first-order valence-corrected chi connectivity index (χ1v) is 5.84. The Morgan fingerprint density at radius 3 is 2.67 bits per heavy atom. The van der Waals surface area contributed by atoms with Crippen molar-refractivity contribution in [3.05, 3.63) is 24.3 Å². The summed E-state index contributed by atoms with van der Waals surface area (Å²) in [7, 11) is 3.18. The van der Waals surface area contributed by atoms with Crippen LogP contribution in [0.5, 0.6) is 5.75 Å². The van der Waals surface area contributed by atoms with Gasteiger partial charge >= 0.3 is 6.03 Å². The van der Waals surface area contributed by atoms with E-state index < -0.39 is 0 Å². The molecule has 0 aliphatic heterocycles. The lowest BCUT2D eigenvalue weighted by Crippen LogP contribution is -2.44. The standard InChI is InChI=1S/C12H17N3O2S/c1-8(11(13)18)15(2)12(16)14-9-6-4-5-7-10(9)17-3/h4-8H,1-3H3,(H2,13,18)(H,14,16). The fraction of sp³-hybridized carbons (Fsp3) is 0.333. The van der Waals surface area contributed by atoms with Crippen molar-refractivity contribution in [2.24, 2.45) is 5.73 Å². The quantitative estimate of drug-likeness (QED) is 0.817. The monoisotopic (exact) mass is 267 g/mol. The molecule has 1 aromatic rings. The summed E-state index contributed by atoms with van der Waals surface area (Å²) in [4.78, 5) is 13.7. The molecule has 1 atom stereocenters. The molecular formula is C12H17N3O2S. The average Bonchev–Trinajstić information content (AvgIpc) is 2.37. The van der Waals surface area contributed by atoms with Crippen molar-refractivity contribution in [3.63, 3.8) is 0 Å². The van der Waals surface area contributed by atoms with Gasteiger partial charge in [-0.05, 0) is 19.1 Å². The van der Waals surface area contributed by atoms with Crippen LogP contribution < -0.4 is 15.8 Å². The smallest absolute Gasteiger partial charge is 0.322 e. The summed E-state index contributed by atoms with van der Waals surface area (Å²) in [6, 6.07) is 6.57. The van der Waals surface area contributed by atoms with E-state index in [-0.39, 0.29) is 17.1 Å². The molecule has 0 aliphatic carbocycles. The van der Waals surface area contributed by atoms with Gasteiger partial charge in [-0.15, -0.1) is 0 Å². The number of nitrogens with zero attached hydrogens (tertiary/aromatic N) is 1. The maximum atomic E-state index is 12.0. The maximum absolute atomic E-state index is 12.0. The molecule has 0 fully saturated rings. The average molecular weight is 267 g/mol. The minimum Gasteiger partial charge on any atom is -0.495 e. The van der Waals surface area contributed by atoms with E-state index in [4.69, 9.17) is 22.7 Å². The van der Waals surface area contributed by atoms with Gasteiger partial charge in [0.25, 0.3) is 0 Å². The number of carbonyl (C=O) groups is 1. The number of benzene rings is 1. The Morgan fingerprint density at radius 2 is 2.11 bits per heavy atom. The third-order valence-electron chi connectivity index (χ3n) is 2.66. The molecule has 1 rings (SSSR count). The molecule has 0 spiro atoms. The fourth-order valence-electron chi connectivity index (χ4n) is 1.32. The van der Waals surface area contributed by atoms with Crippen LogP contribution in [0.2, 0.25) is 0 Å². The highest BCUT2D eigenvalue weighted by Crippen LogP contribution is 2.23. The fourth-order valence-corrected chi connectivity index (χ4v) is 1.48. The zero-order chi connectivity index (χ0) is 13.7. The van der Waals surface area contributed by atoms with Gasteiger partial charge in [-0.25, -0.2) is 4.79 Å². The van der Waals surface area contributed by atoms with Crippen LogP contribution >= 0.6 is 12.2 Å². The molecule has 18 heavy (non-hydrogen) atoms. The Morgan fingerprint density at radius 1 is 1.50 bits per heavy atom. The summed E-state index contributed by atoms with van der Waals surface area (Å²) in [5.74, 6) is 0.599. The number of anilines is 1. The number of hydrogen-bond acceptors (Lipinski definition) is 3. The number of hydrogen-bond donors (Lipinski definition) is 2. The molecule has 1 aromatic carbocycles. The number of nitrogens with one attached hydrogen (secondary N) is 1. The third kappa shape index (κ3) is 3.33. The minimum absolute atomic E-state index is 0.271. The highest BCUT2D eigenvalue weighted by molar-refractivity contribution is 7.80. The number of rotatable bonds is 4. The highest BCUT2D eigenvalue weighted by atomic mass is 32.1. The zero-order valence-electron chi connectivity index (χ0n) is 10.6. The summed E-state index contributed by atoms with van der Waals surface area (Å²) < 4.78 is 5.15. The van der Waals surface area contributed by atoms with E-state index in [1.54, 1.807) is 33.2 Å². The van der Waals surface area contributed by atoms with Crippen LogP contribution in [-0.2, 0) is 0 Å². The predicted octanol–water partition coefficient (Wildman–Crippen LogP) is 1.83. The summed E-state index contributed by atoms with van der Waals surface area (Å²) >= 11 is 4.86. The van der Waals surface area contributed by atoms with Gasteiger partial charge in [0.1, 0.15) is 5.75 Å². The van der Waals surface area contributed by atoms with Crippen molar-refractivity contribution >= 4 is 28.9 Å². The molecule has 0 heterocycles. The molecule has 0 saturated heterocycles. The van der Waals surface area contributed by atoms with Gasteiger partial charge in [0.05, 0.1) is 23.8 Å². The van der Waals surface area contributed by atoms with E-state index in [2.05, 4.69) is 5.32 Å². The van der Waals surface area contributed by atoms with Crippen molar-refractivity contribution in [1.29, 1.82) is 0 Å². The number of para-hydroxylation sites is 2. The van der Waals surface area contributed by atoms with Gasteiger partial charge in [0, 0.05) is 7.05 Å². The lowest BCUT2D eigenvalue weighted by atomic mass is 10.3. The molecule has 0 aliphatic rings. The molecule has 3 N–H and O–H groups in total. The number of methoxy groups -OCH3 is 1. The van der Waals surface area contributed by atoms with Crippen molar-refractivity contribution in [3.8, 4) is 5.75 Å². The molecule has 5 nitrogen and oxygen atoms in total. The van der Waals surface area contributed by atoms with Crippen LogP contribution in [0, 0.1) is 0 Å². The third-order valence-corrected chi connectivity index (χ3v) is 3.00. The van der Waals surface area contributed by atoms with Crippen molar-refractivity contribution < 1.29 is 9.53 Å². The van der Waals surface area contributed by atoms with E-state index in [0.717, 1.165) is 0 Å². The zero-order valence-corrected chi connectivity index (χ0v) is 11.5. The Hall–Kier alpha value is -1.82. The van der Waals surface area contributed by atoms with Crippen LogP contribution in [0.25, 0.3) is 0 Å². The van der Waals surface area contributed by atoms with E-state index in [9.17, 15) is 4.79 Å². The number of carbonyl (C=O) groups excluding carboxylic acids is 1. The first-order valence-electron chi connectivity index (χ1n) is 5.43. The Kier molecular flexibility index (Phi) is 4.91. The number of ether oxygens (including phenoxy) is 1.